The van der Waals surface area contributed by atoms with Gasteiger partial charge in [-0.05, 0) is 79.3 Å². The molecular formula is C23H30ClNO3. The van der Waals surface area contributed by atoms with Crippen LogP contribution in [-0.4, -0.2) is 19.1 Å². The quantitative estimate of drug-likeness (QED) is 0.604. The van der Waals surface area contributed by atoms with Gasteiger partial charge >= 0.3 is 0 Å². The fourth-order valence-corrected chi connectivity index (χ4v) is 3.32. The van der Waals surface area contributed by atoms with E-state index in [4.69, 9.17) is 21.1 Å². The zero-order valence-corrected chi connectivity index (χ0v) is 18.3. The van der Waals surface area contributed by atoms with E-state index in [1.165, 1.54) is 0 Å². The summed E-state index contributed by atoms with van der Waals surface area (Å²) in [6.07, 6.45) is 0.00627. The van der Waals surface area contributed by atoms with Crippen molar-refractivity contribution in [1.29, 1.82) is 0 Å². The summed E-state index contributed by atoms with van der Waals surface area (Å²) < 4.78 is 11.4. The highest BCUT2D eigenvalue weighted by Crippen LogP contribution is 2.32. The Morgan fingerprint density at radius 2 is 1.75 bits per heavy atom. The minimum Gasteiger partial charge on any atom is -0.496 e. The van der Waals surface area contributed by atoms with E-state index in [1.807, 2.05) is 26.8 Å². The molecule has 2 aromatic carbocycles. The SMILES string of the molecule is CCC(Oc1ccc(Cl)cc1)C(=O)NC(C)c1cc(C(C)C)c(OC)cc1C. The number of ether oxygens (including phenoxy) is 2. The summed E-state index contributed by atoms with van der Waals surface area (Å²) in [4.78, 5) is 12.8. The fourth-order valence-electron chi connectivity index (χ4n) is 3.19. The lowest BCUT2D eigenvalue weighted by Crippen LogP contribution is -2.39. The topological polar surface area (TPSA) is 47.6 Å². The zero-order chi connectivity index (χ0) is 20.8. The average Bonchev–Trinajstić information content (AvgIpc) is 2.66. The van der Waals surface area contributed by atoms with Gasteiger partial charge in [0.1, 0.15) is 11.5 Å². The predicted molar refractivity (Wildman–Crippen MR) is 115 cm³/mol. The molecule has 0 aliphatic carbocycles. The van der Waals surface area contributed by atoms with E-state index in [-0.39, 0.29) is 11.9 Å². The van der Waals surface area contributed by atoms with Crippen LogP contribution in [0.3, 0.4) is 0 Å². The molecule has 0 radical (unpaired) electrons. The Labute approximate surface area is 173 Å². The van der Waals surface area contributed by atoms with E-state index in [1.54, 1.807) is 31.4 Å². The molecular weight excluding hydrogens is 374 g/mol. The third kappa shape index (κ3) is 5.41. The van der Waals surface area contributed by atoms with Gasteiger partial charge in [-0.3, -0.25) is 4.79 Å². The molecule has 0 fully saturated rings. The smallest absolute Gasteiger partial charge is 0.261 e. The van der Waals surface area contributed by atoms with Crippen LogP contribution in [0.5, 0.6) is 11.5 Å². The standard InChI is InChI=1S/C23H30ClNO3/c1-7-21(28-18-10-8-17(24)9-11-18)23(26)25-16(5)20-13-19(14(2)3)22(27-6)12-15(20)4/h8-14,16,21H,7H2,1-6H3,(H,25,26). The maximum Gasteiger partial charge on any atom is 0.261 e. The number of carbonyl (C=O) groups is 1. The highest BCUT2D eigenvalue weighted by atomic mass is 35.5. The lowest BCUT2D eigenvalue weighted by atomic mass is 9.93. The van der Waals surface area contributed by atoms with Crippen LogP contribution in [0.4, 0.5) is 0 Å². The van der Waals surface area contributed by atoms with Gasteiger partial charge in [-0.2, -0.15) is 0 Å². The Morgan fingerprint density at radius 3 is 2.29 bits per heavy atom. The van der Waals surface area contributed by atoms with Crippen LogP contribution in [0, 0.1) is 6.92 Å². The maximum atomic E-state index is 12.8. The van der Waals surface area contributed by atoms with Gasteiger partial charge in [0.25, 0.3) is 5.91 Å². The van der Waals surface area contributed by atoms with Crippen molar-refractivity contribution in [2.45, 2.75) is 59.1 Å². The molecule has 5 heteroatoms. The Balaban J connectivity index is 2.15. The highest BCUT2D eigenvalue weighted by molar-refractivity contribution is 6.30. The molecule has 28 heavy (non-hydrogen) atoms. The van der Waals surface area contributed by atoms with Crippen molar-refractivity contribution in [3.63, 3.8) is 0 Å². The summed E-state index contributed by atoms with van der Waals surface area (Å²) in [5.74, 6) is 1.70. The molecule has 2 rings (SSSR count). The summed E-state index contributed by atoms with van der Waals surface area (Å²) in [5.41, 5.74) is 3.30. The molecule has 0 spiro atoms. The van der Waals surface area contributed by atoms with Crippen LogP contribution < -0.4 is 14.8 Å². The maximum absolute atomic E-state index is 12.8. The van der Waals surface area contributed by atoms with Crippen LogP contribution in [0.1, 0.15) is 62.8 Å². The Morgan fingerprint density at radius 1 is 1.11 bits per heavy atom. The van der Waals surface area contributed by atoms with Gasteiger partial charge in [0.05, 0.1) is 13.2 Å². The molecule has 4 nitrogen and oxygen atoms in total. The number of amides is 1. The van der Waals surface area contributed by atoms with Crippen LogP contribution in [0.2, 0.25) is 5.02 Å². The molecule has 1 N–H and O–H groups in total. The van der Waals surface area contributed by atoms with E-state index in [9.17, 15) is 4.79 Å². The fraction of sp³-hybridized carbons (Fsp3) is 0.435. The monoisotopic (exact) mass is 403 g/mol. The van der Waals surface area contributed by atoms with Crippen molar-refractivity contribution >= 4 is 17.5 Å². The number of carbonyl (C=O) groups excluding carboxylic acids is 1. The van der Waals surface area contributed by atoms with E-state index in [2.05, 4.69) is 25.2 Å². The number of nitrogens with one attached hydrogen (secondary N) is 1. The lowest BCUT2D eigenvalue weighted by molar-refractivity contribution is -0.128. The van der Waals surface area contributed by atoms with E-state index < -0.39 is 6.10 Å². The minimum atomic E-state index is -0.563. The largest absolute Gasteiger partial charge is 0.496 e. The summed E-state index contributed by atoms with van der Waals surface area (Å²) in [5, 5.41) is 3.73. The second-order valence-electron chi connectivity index (χ2n) is 7.30. The molecule has 152 valence electrons. The van der Waals surface area contributed by atoms with Gasteiger partial charge < -0.3 is 14.8 Å². The zero-order valence-electron chi connectivity index (χ0n) is 17.5. The molecule has 0 saturated carbocycles. The van der Waals surface area contributed by atoms with Crippen LogP contribution in [0.25, 0.3) is 0 Å². The summed E-state index contributed by atoms with van der Waals surface area (Å²) in [7, 11) is 1.69. The number of halogens is 1. The molecule has 0 aromatic heterocycles. The van der Waals surface area contributed by atoms with Crippen molar-refractivity contribution in [2.24, 2.45) is 0 Å². The second-order valence-corrected chi connectivity index (χ2v) is 7.74. The number of methoxy groups -OCH3 is 1. The van der Waals surface area contributed by atoms with Gasteiger partial charge in [0.15, 0.2) is 6.10 Å². The molecule has 2 atom stereocenters. The third-order valence-electron chi connectivity index (χ3n) is 4.82. The predicted octanol–water partition coefficient (Wildman–Crippen LogP) is 5.82. The first-order valence-electron chi connectivity index (χ1n) is 9.67. The number of aryl methyl sites for hydroxylation is 1. The van der Waals surface area contributed by atoms with Crippen molar-refractivity contribution in [3.05, 3.63) is 58.1 Å². The van der Waals surface area contributed by atoms with Gasteiger partial charge in [-0.15, -0.1) is 0 Å². The molecule has 2 unspecified atom stereocenters. The van der Waals surface area contributed by atoms with E-state index >= 15 is 0 Å². The summed E-state index contributed by atoms with van der Waals surface area (Å²) in [6.45, 7) is 10.2. The highest BCUT2D eigenvalue weighted by Gasteiger charge is 2.22. The van der Waals surface area contributed by atoms with Crippen molar-refractivity contribution in [1.82, 2.24) is 5.32 Å². The normalized spacial score (nSPS) is 13.1. The van der Waals surface area contributed by atoms with Crippen LogP contribution >= 0.6 is 11.6 Å². The van der Waals surface area contributed by atoms with Crippen molar-refractivity contribution in [3.8, 4) is 11.5 Å². The minimum absolute atomic E-state index is 0.133. The first kappa shape index (κ1) is 22.1. The molecule has 0 heterocycles. The van der Waals surface area contributed by atoms with Crippen molar-refractivity contribution in [2.75, 3.05) is 7.11 Å². The first-order valence-corrected chi connectivity index (χ1v) is 10.1. The summed E-state index contributed by atoms with van der Waals surface area (Å²) >= 11 is 5.91. The summed E-state index contributed by atoms with van der Waals surface area (Å²) in [6, 6.07) is 11.1. The lowest BCUT2D eigenvalue weighted by Gasteiger charge is -2.23. The molecule has 2 aromatic rings. The molecule has 1 amide bonds. The average molecular weight is 404 g/mol. The van der Waals surface area contributed by atoms with Gasteiger partial charge in [-0.25, -0.2) is 0 Å². The molecule has 0 aliphatic heterocycles. The number of rotatable bonds is 8. The second kappa shape index (κ2) is 9.83. The van der Waals surface area contributed by atoms with Crippen LogP contribution in [-0.2, 0) is 4.79 Å². The Kier molecular flexibility index (Phi) is 7.76. The van der Waals surface area contributed by atoms with Gasteiger partial charge in [0, 0.05) is 5.02 Å². The number of benzene rings is 2. The van der Waals surface area contributed by atoms with Crippen molar-refractivity contribution < 1.29 is 14.3 Å². The molecule has 0 saturated heterocycles. The third-order valence-corrected chi connectivity index (χ3v) is 5.07. The molecule has 0 aliphatic rings. The first-order chi connectivity index (χ1) is 13.3. The number of hydrogen-bond donors (Lipinski definition) is 1. The number of hydrogen-bond acceptors (Lipinski definition) is 3. The Bertz CT molecular complexity index is 802. The van der Waals surface area contributed by atoms with E-state index in [0.29, 0.717) is 23.1 Å². The van der Waals surface area contributed by atoms with Gasteiger partial charge in [0.2, 0.25) is 0 Å². The van der Waals surface area contributed by atoms with Gasteiger partial charge in [-0.1, -0.05) is 32.4 Å². The van der Waals surface area contributed by atoms with Crippen LogP contribution in [0.15, 0.2) is 36.4 Å². The Hall–Kier alpha value is -2.20. The molecule has 0 bridgehead atoms. The van der Waals surface area contributed by atoms with E-state index in [0.717, 1.165) is 22.4 Å².